The van der Waals surface area contributed by atoms with Crippen LogP contribution in [0.15, 0.2) is 33.8 Å². The summed E-state index contributed by atoms with van der Waals surface area (Å²) in [6, 6.07) is 6.55. The first-order valence-corrected chi connectivity index (χ1v) is 8.40. The largest absolute Gasteiger partial charge is 0.349 e. The number of hydrogen-bond acceptors (Lipinski definition) is 2. The lowest BCUT2D eigenvalue weighted by Gasteiger charge is -2.28. The van der Waals surface area contributed by atoms with Crippen LogP contribution in [0.5, 0.6) is 0 Å². The number of nitrogens with zero attached hydrogens (tertiary/aromatic N) is 2. The Bertz CT molecular complexity index is 585. The molecule has 1 aromatic heterocycles. The van der Waals surface area contributed by atoms with E-state index in [1.54, 1.807) is 0 Å². The molecule has 0 atom stereocenters. The minimum atomic E-state index is 0.765. The topological polar surface area (TPSA) is 8.17 Å². The SMILES string of the molecule is CN1CCC(Sc2cn(C)c3ccc(Br)cc23)CC1. The van der Waals surface area contributed by atoms with Gasteiger partial charge in [0.25, 0.3) is 0 Å². The number of fused-ring (bicyclic) bond motifs is 1. The van der Waals surface area contributed by atoms with Crippen LogP contribution in [0, 0.1) is 0 Å². The molecule has 1 fully saturated rings. The Morgan fingerprint density at radius 3 is 2.68 bits per heavy atom. The number of aryl methyl sites for hydroxylation is 1. The van der Waals surface area contributed by atoms with Gasteiger partial charge < -0.3 is 9.47 Å². The summed E-state index contributed by atoms with van der Waals surface area (Å²) in [4.78, 5) is 3.85. The van der Waals surface area contributed by atoms with Crippen LogP contribution in [-0.2, 0) is 7.05 Å². The summed E-state index contributed by atoms with van der Waals surface area (Å²) < 4.78 is 3.40. The number of aromatic nitrogens is 1. The van der Waals surface area contributed by atoms with Gasteiger partial charge in [0.2, 0.25) is 0 Å². The predicted molar refractivity (Wildman–Crippen MR) is 87.0 cm³/mol. The molecule has 0 saturated carbocycles. The molecule has 0 radical (unpaired) electrons. The van der Waals surface area contributed by atoms with Crippen molar-refractivity contribution in [2.24, 2.45) is 7.05 Å². The van der Waals surface area contributed by atoms with Gasteiger partial charge in [-0.2, -0.15) is 0 Å². The van der Waals surface area contributed by atoms with Crippen LogP contribution >= 0.6 is 27.7 Å². The Morgan fingerprint density at radius 2 is 1.95 bits per heavy atom. The van der Waals surface area contributed by atoms with Crippen LogP contribution in [0.2, 0.25) is 0 Å². The van der Waals surface area contributed by atoms with E-state index < -0.39 is 0 Å². The Balaban J connectivity index is 1.86. The van der Waals surface area contributed by atoms with Gasteiger partial charge in [0, 0.05) is 38.8 Å². The standard InChI is InChI=1S/C15H19BrN2S/c1-17-7-5-12(6-8-17)19-15-10-18(2)14-4-3-11(16)9-13(14)15/h3-4,9-10,12H,5-8H2,1-2H3. The maximum absolute atomic E-state index is 3.58. The van der Waals surface area contributed by atoms with E-state index in [1.165, 1.54) is 41.7 Å². The van der Waals surface area contributed by atoms with Crippen molar-refractivity contribution in [3.63, 3.8) is 0 Å². The Kier molecular flexibility index (Phi) is 3.92. The maximum atomic E-state index is 3.58. The number of thioether (sulfide) groups is 1. The van der Waals surface area contributed by atoms with E-state index in [4.69, 9.17) is 0 Å². The van der Waals surface area contributed by atoms with Crippen molar-refractivity contribution in [1.29, 1.82) is 0 Å². The first kappa shape index (κ1) is 13.5. The molecule has 2 aromatic rings. The van der Waals surface area contributed by atoms with Gasteiger partial charge in [0.05, 0.1) is 0 Å². The van der Waals surface area contributed by atoms with Crippen LogP contribution in [0.4, 0.5) is 0 Å². The fraction of sp³-hybridized carbons (Fsp3) is 0.467. The zero-order valence-corrected chi connectivity index (χ0v) is 13.8. The summed E-state index contributed by atoms with van der Waals surface area (Å²) in [5, 5.41) is 2.14. The molecule has 0 spiro atoms. The smallest absolute Gasteiger partial charge is 0.0490 e. The van der Waals surface area contributed by atoms with Gasteiger partial charge in [-0.25, -0.2) is 0 Å². The third kappa shape index (κ3) is 2.86. The summed E-state index contributed by atoms with van der Waals surface area (Å²) in [5.74, 6) is 0. The fourth-order valence-electron chi connectivity index (χ4n) is 2.70. The molecule has 0 aliphatic carbocycles. The van der Waals surface area contributed by atoms with Crippen LogP contribution in [0.25, 0.3) is 10.9 Å². The molecule has 19 heavy (non-hydrogen) atoms. The van der Waals surface area contributed by atoms with Crippen molar-refractivity contribution < 1.29 is 0 Å². The van der Waals surface area contributed by atoms with Gasteiger partial charge in [-0.05, 0) is 51.2 Å². The Hall–Kier alpha value is -0.450. The monoisotopic (exact) mass is 338 g/mol. The minimum Gasteiger partial charge on any atom is -0.349 e. The van der Waals surface area contributed by atoms with Crippen molar-refractivity contribution in [3.05, 3.63) is 28.9 Å². The zero-order chi connectivity index (χ0) is 13.4. The summed E-state index contributed by atoms with van der Waals surface area (Å²) in [6.45, 7) is 2.46. The number of hydrogen-bond donors (Lipinski definition) is 0. The molecule has 1 saturated heterocycles. The molecule has 3 rings (SSSR count). The average molecular weight is 339 g/mol. The highest BCUT2D eigenvalue weighted by Gasteiger charge is 2.19. The summed E-state index contributed by atoms with van der Waals surface area (Å²) in [5.41, 5.74) is 1.32. The highest BCUT2D eigenvalue weighted by molar-refractivity contribution is 9.10. The van der Waals surface area contributed by atoms with Crippen LogP contribution in [0.3, 0.4) is 0 Å². The molecule has 2 heterocycles. The normalized spacial score (nSPS) is 18.3. The lowest BCUT2D eigenvalue weighted by Crippen LogP contribution is -2.31. The molecule has 1 aliphatic rings. The van der Waals surface area contributed by atoms with E-state index in [2.05, 4.69) is 75.7 Å². The van der Waals surface area contributed by atoms with Gasteiger partial charge in [0.15, 0.2) is 0 Å². The van der Waals surface area contributed by atoms with Crippen molar-refractivity contribution >= 4 is 38.6 Å². The van der Waals surface area contributed by atoms with E-state index in [-0.39, 0.29) is 0 Å². The van der Waals surface area contributed by atoms with E-state index in [9.17, 15) is 0 Å². The quantitative estimate of drug-likeness (QED) is 0.813. The average Bonchev–Trinajstić information content (AvgIpc) is 2.69. The second-order valence-electron chi connectivity index (χ2n) is 5.39. The van der Waals surface area contributed by atoms with Crippen LogP contribution in [0.1, 0.15) is 12.8 Å². The molecule has 0 amide bonds. The van der Waals surface area contributed by atoms with Gasteiger partial charge in [-0.1, -0.05) is 15.9 Å². The highest BCUT2D eigenvalue weighted by atomic mass is 79.9. The Morgan fingerprint density at radius 1 is 1.21 bits per heavy atom. The fourth-order valence-corrected chi connectivity index (χ4v) is 4.38. The lowest BCUT2D eigenvalue weighted by atomic mass is 10.1. The van der Waals surface area contributed by atoms with E-state index in [1.807, 2.05) is 0 Å². The molecule has 102 valence electrons. The third-order valence-electron chi connectivity index (χ3n) is 3.87. The van der Waals surface area contributed by atoms with Crippen LogP contribution in [-0.4, -0.2) is 34.9 Å². The number of piperidine rings is 1. The van der Waals surface area contributed by atoms with Crippen molar-refractivity contribution in [2.75, 3.05) is 20.1 Å². The molecule has 0 unspecified atom stereocenters. The minimum absolute atomic E-state index is 0.765. The van der Waals surface area contributed by atoms with E-state index in [0.29, 0.717) is 0 Å². The van der Waals surface area contributed by atoms with Crippen LogP contribution < -0.4 is 0 Å². The molecular formula is C15H19BrN2S. The summed E-state index contributed by atoms with van der Waals surface area (Å²) in [6.07, 6.45) is 4.87. The summed E-state index contributed by atoms with van der Waals surface area (Å²) >= 11 is 5.64. The van der Waals surface area contributed by atoms with Gasteiger partial charge >= 0.3 is 0 Å². The molecule has 4 heteroatoms. The molecule has 1 aliphatic heterocycles. The first-order valence-electron chi connectivity index (χ1n) is 6.73. The Labute approximate surface area is 127 Å². The molecule has 1 aromatic carbocycles. The van der Waals surface area contributed by atoms with Crippen molar-refractivity contribution in [2.45, 2.75) is 23.0 Å². The highest BCUT2D eigenvalue weighted by Crippen LogP contribution is 2.36. The number of benzene rings is 1. The van der Waals surface area contributed by atoms with E-state index in [0.717, 1.165) is 9.72 Å². The van der Waals surface area contributed by atoms with Gasteiger partial charge in [-0.15, -0.1) is 11.8 Å². The predicted octanol–water partition coefficient (Wildman–Crippen LogP) is 4.13. The molecule has 0 bridgehead atoms. The van der Waals surface area contributed by atoms with E-state index >= 15 is 0 Å². The number of halogens is 1. The van der Waals surface area contributed by atoms with Crippen molar-refractivity contribution in [1.82, 2.24) is 9.47 Å². The first-order chi connectivity index (χ1) is 9.13. The van der Waals surface area contributed by atoms with Crippen molar-refractivity contribution in [3.8, 4) is 0 Å². The lowest BCUT2D eigenvalue weighted by molar-refractivity contribution is 0.282. The third-order valence-corrected chi connectivity index (χ3v) is 5.75. The zero-order valence-electron chi connectivity index (χ0n) is 11.4. The molecular weight excluding hydrogens is 320 g/mol. The van der Waals surface area contributed by atoms with Gasteiger partial charge in [0.1, 0.15) is 0 Å². The molecule has 0 N–H and O–H groups in total. The maximum Gasteiger partial charge on any atom is 0.0490 e. The second kappa shape index (κ2) is 5.51. The molecule has 2 nitrogen and oxygen atoms in total. The number of rotatable bonds is 2. The number of likely N-dealkylation sites (tertiary alicyclic amines) is 1. The van der Waals surface area contributed by atoms with Gasteiger partial charge in [-0.3, -0.25) is 0 Å². The second-order valence-corrected chi connectivity index (χ2v) is 7.64. The summed E-state index contributed by atoms with van der Waals surface area (Å²) in [7, 11) is 4.35.